The van der Waals surface area contributed by atoms with Crippen LogP contribution in [0, 0.1) is 0 Å². The highest BCUT2D eigenvalue weighted by atomic mass is 16.2. The Morgan fingerprint density at radius 1 is 1.23 bits per heavy atom. The molecule has 1 N–H and O–H groups in total. The SMILES string of the molecule is C[C@H](C(=O)NC(C)(C)C)n1cnc2c1c(=O)n(C)c(=O)n2C. The first kappa shape index (κ1) is 16.0. The van der Waals surface area contributed by atoms with Crippen molar-refractivity contribution in [2.75, 3.05) is 0 Å². The molecule has 0 spiro atoms. The van der Waals surface area contributed by atoms with E-state index in [2.05, 4.69) is 10.3 Å². The van der Waals surface area contributed by atoms with Crippen molar-refractivity contribution in [3.63, 3.8) is 0 Å². The molecular weight excluding hydrogens is 286 g/mol. The third-order valence-corrected chi connectivity index (χ3v) is 3.47. The lowest BCUT2D eigenvalue weighted by molar-refractivity contribution is -0.125. The molecule has 0 unspecified atom stereocenters. The minimum Gasteiger partial charge on any atom is -0.350 e. The smallest absolute Gasteiger partial charge is 0.332 e. The predicted molar refractivity (Wildman–Crippen MR) is 82.8 cm³/mol. The summed E-state index contributed by atoms with van der Waals surface area (Å²) in [5, 5.41) is 2.87. The minimum absolute atomic E-state index is 0.220. The van der Waals surface area contributed by atoms with Crippen molar-refractivity contribution in [2.24, 2.45) is 14.1 Å². The number of nitrogens with zero attached hydrogens (tertiary/aromatic N) is 4. The number of aromatic nitrogens is 4. The zero-order valence-corrected chi connectivity index (χ0v) is 13.7. The minimum atomic E-state index is -0.616. The Bertz CT molecular complexity index is 850. The van der Waals surface area contributed by atoms with Crippen LogP contribution in [0.1, 0.15) is 33.7 Å². The van der Waals surface area contributed by atoms with Gasteiger partial charge in [-0.05, 0) is 27.7 Å². The van der Waals surface area contributed by atoms with Gasteiger partial charge in [0.05, 0.1) is 6.33 Å². The van der Waals surface area contributed by atoms with Gasteiger partial charge in [0.2, 0.25) is 5.91 Å². The number of nitrogens with one attached hydrogen (secondary N) is 1. The molecule has 0 aliphatic rings. The van der Waals surface area contributed by atoms with Gasteiger partial charge >= 0.3 is 5.69 Å². The van der Waals surface area contributed by atoms with E-state index in [4.69, 9.17) is 0 Å². The molecule has 0 bridgehead atoms. The second kappa shape index (κ2) is 5.11. The van der Waals surface area contributed by atoms with Gasteiger partial charge < -0.3 is 9.88 Å². The molecule has 0 saturated heterocycles. The molecule has 0 radical (unpaired) electrons. The predicted octanol–water partition coefficient (Wildman–Crippen LogP) is -0.0906. The van der Waals surface area contributed by atoms with E-state index in [0.29, 0.717) is 0 Å². The van der Waals surface area contributed by atoms with Crippen LogP contribution >= 0.6 is 0 Å². The van der Waals surface area contributed by atoms with Gasteiger partial charge in [0.25, 0.3) is 5.56 Å². The fourth-order valence-electron chi connectivity index (χ4n) is 2.26. The second-order valence-electron chi connectivity index (χ2n) is 6.45. The van der Waals surface area contributed by atoms with Crippen LogP contribution in [0.3, 0.4) is 0 Å². The molecule has 0 aliphatic heterocycles. The number of fused-ring (bicyclic) bond motifs is 1. The Hall–Kier alpha value is -2.38. The first-order valence-electron chi connectivity index (χ1n) is 6.99. The van der Waals surface area contributed by atoms with Gasteiger partial charge in [0.15, 0.2) is 11.2 Å². The zero-order chi connectivity index (χ0) is 16.8. The topological polar surface area (TPSA) is 90.9 Å². The first-order valence-corrected chi connectivity index (χ1v) is 6.99. The molecule has 0 fully saturated rings. The highest BCUT2D eigenvalue weighted by Crippen LogP contribution is 2.14. The van der Waals surface area contributed by atoms with Crippen molar-refractivity contribution in [1.29, 1.82) is 0 Å². The summed E-state index contributed by atoms with van der Waals surface area (Å²) in [7, 11) is 2.95. The maximum atomic E-state index is 12.4. The summed E-state index contributed by atoms with van der Waals surface area (Å²) in [4.78, 5) is 40.7. The van der Waals surface area contributed by atoms with Crippen LogP contribution in [0.25, 0.3) is 11.2 Å². The van der Waals surface area contributed by atoms with Crippen LogP contribution in [-0.2, 0) is 18.9 Å². The van der Waals surface area contributed by atoms with Gasteiger partial charge in [-0.1, -0.05) is 0 Å². The van der Waals surface area contributed by atoms with Crippen LogP contribution in [0.15, 0.2) is 15.9 Å². The molecule has 8 heteroatoms. The second-order valence-corrected chi connectivity index (χ2v) is 6.45. The van der Waals surface area contributed by atoms with Crippen molar-refractivity contribution in [1.82, 2.24) is 24.0 Å². The Balaban J connectivity index is 2.61. The van der Waals surface area contributed by atoms with Gasteiger partial charge in [0, 0.05) is 19.6 Å². The van der Waals surface area contributed by atoms with E-state index in [-0.39, 0.29) is 22.6 Å². The normalized spacial score (nSPS) is 13.4. The third kappa shape index (κ3) is 2.56. The molecule has 0 saturated carbocycles. The molecule has 2 heterocycles. The molecule has 1 amide bonds. The standard InChI is InChI=1S/C14H21N5O3/c1-8(11(20)16-14(2,3)4)19-7-15-10-9(19)12(21)18(6)13(22)17(10)5/h7-8H,1-6H3,(H,16,20)/t8-/m1/s1. The van der Waals surface area contributed by atoms with Crippen LogP contribution in [0.2, 0.25) is 0 Å². The molecule has 120 valence electrons. The van der Waals surface area contributed by atoms with Gasteiger partial charge in [-0.15, -0.1) is 0 Å². The van der Waals surface area contributed by atoms with E-state index in [1.54, 1.807) is 14.0 Å². The fourth-order valence-corrected chi connectivity index (χ4v) is 2.26. The van der Waals surface area contributed by atoms with Crippen molar-refractivity contribution >= 4 is 17.1 Å². The lowest BCUT2D eigenvalue weighted by atomic mass is 10.1. The molecule has 0 aliphatic carbocycles. The Morgan fingerprint density at radius 2 is 1.82 bits per heavy atom. The van der Waals surface area contributed by atoms with Crippen molar-refractivity contribution in [2.45, 2.75) is 39.3 Å². The summed E-state index contributed by atoms with van der Waals surface area (Å²) in [5.74, 6) is -0.220. The highest BCUT2D eigenvalue weighted by Gasteiger charge is 2.24. The van der Waals surface area contributed by atoms with E-state index >= 15 is 0 Å². The van der Waals surface area contributed by atoms with Crippen molar-refractivity contribution in [3.05, 3.63) is 27.2 Å². The van der Waals surface area contributed by atoms with E-state index in [9.17, 15) is 14.4 Å². The average Bonchev–Trinajstić information content (AvgIpc) is 2.84. The van der Waals surface area contributed by atoms with Gasteiger partial charge in [-0.3, -0.25) is 18.7 Å². The Morgan fingerprint density at radius 3 is 2.36 bits per heavy atom. The van der Waals surface area contributed by atoms with E-state index in [0.717, 1.165) is 4.57 Å². The highest BCUT2D eigenvalue weighted by molar-refractivity contribution is 5.83. The Labute approximate surface area is 127 Å². The number of hydrogen-bond acceptors (Lipinski definition) is 4. The summed E-state index contributed by atoms with van der Waals surface area (Å²) in [6, 6.07) is -0.616. The van der Waals surface area contributed by atoms with Crippen molar-refractivity contribution in [3.8, 4) is 0 Å². The summed E-state index contributed by atoms with van der Waals surface area (Å²) < 4.78 is 3.80. The van der Waals surface area contributed by atoms with Crippen LogP contribution in [0.4, 0.5) is 0 Å². The number of amides is 1. The molecule has 8 nitrogen and oxygen atoms in total. The molecule has 22 heavy (non-hydrogen) atoms. The van der Waals surface area contributed by atoms with Crippen LogP contribution in [-0.4, -0.2) is 30.1 Å². The molecule has 1 atom stereocenters. The third-order valence-electron chi connectivity index (χ3n) is 3.47. The van der Waals surface area contributed by atoms with E-state index in [1.165, 1.54) is 22.5 Å². The number of hydrogen-bond donors (Lipinski definition) is 1. The molecule has 2 aromatic heterocycles. The molecule has 2 rings (SSSR count). The molecular formula is C14H21N5O3. The van der Waals surface area contributed by atoms with Gasteiger partial charge in [-0.25, -0.2) is 9.78 Å². The Kier molecular flexibility index (Phi) is 3.72. The van der Waals surface area contributed by atoms with E-state index < -0.39 is 17.3 Å². The number of carbonyl (C=O) groups is 1. The van der Waals surface area contributed by atoms with Gasteiger partial charge in [0.1, 0.15) is 6.04 Å². The largest absolute Gasteiger partial charge is 0.350 e. The number of rotatable bonds is 2. The maximum Gasteiger partial charge on any atom is 0.332 e. The van der Waals surface area contributed by atoms with Crippen molar-refractivity contribution < 1.29 is 4.79 Å². The lowest BCUT2D eigenvalue weighted by Crippen LogP contribution is -2.44. The zero-order valence-electron chi connectivity index (χ0n) is 13.7. The number of carbonyl (C=O) groups excluding carboxylic acids is 1. The quantitative estimate of drug-likeness (QED) is 0.839. The lowest BCUT2D eigenvalue weighted by Gasteiger charge is -2.24. The number of aryl methyl sites for hydroxylation is 1. The summed E-state index contributed by atoms with van der Waals surface area (Å²) in [5.41, 5.74) is -0.787. The summed E-state index contributed by atoms with van der Waals surface area (Å²) in [6.07, 6.45) is 1.42. The maximum absolute atomic E-state index is 12.4. The molecule has 0 aromatic carbocycles. The van der Waals surface area contributed by atoms with Crippen LogP contribution < -0.4 is 16.6 Å². The van der Waals surface area contributed by atoms with E-state index in [1.807, 2.05) is 20.8 Å². The number of imidazole rings is 1. The van der Waals surface area contributed by atoms with Crippen LogP contribution in [0.5, 0.6) is 0 Å². The monoisotopic (exact) mass is 307 g/mol. The first-order chi connectivity index (χ1) is 10.0. The van der Waals surface area contributed by atoms with Gasteiger partial charge in [-0.2, -0.15) is 0 Å². The fraction of sp³-hybridized carbons (Fsp3) is 0.571. The summed E-state index contributed by atoms with van der Waals surface area (Å²) >= 11 is 0. The average molecular weight is 307 g/mol. The molecule has 2 aromatic rings. The summed E-state index contributed by atoms with van der Waals surface area (Å²) in [6.45, 7) is 7.33.